The molecule has 2 N–H and O–H groups in total. The number of allylic oxidation sites excluding steroid dienone is 20. The maximum Gasteiger partial charge on any atom is 0.469 e. The highest BCUT2D eigenvalue weighted by atomic mass is 31.2. The fraction of sp³-hybridized carbons (Fsp3) is 0.489. The number of carbonyl (C=O) groups is 3. The minimum atomic E-state index is -4.81. The molecule has 0 aliphatic rings. The third kappa shape index (κ3) is 41.1. The summed E-state index contributed by atoms with van der Waals surface area (Å²) in [4.78, 5) is 54.4. The molecular weight excluding hydrogens is 715 g/mol. The number of hydrogen-bond donors (Lipinski definition) is 2. The van der Waals surface area contributed by atoms with Gasteiger partial charge in [0.05, 0.1) is 6.61 Å². The number of phosphoric acid groups is 1. The van der Waals surface area contributed by atoms with Crippen LogP contribution in [-0.2, 0) is 32.9 Å². The fourth-order valence-corrected chi connectivity index (χ4v) is 4.88. The molecule has 0 aliphatic heterocycles. The Labute approximate surface area is 331 Å². The molecule has 0 aromatic rings. The second-order valence-corrected chi connectivity index (χ2v) is 13.8. The van der Waals surface area contributed by atoms with Gasteiger partial charge in [0.2, 0.25) is 0 Å². The molecule has 0 heterocycles. The van der Waals surface area contributed by atoms with Crippen molar-refractivity contribution >= 4 is 25.5 Å². The smallest absolute Gasteiger partial charge is 0.462 e. The monoisotopic (exact) mass is 782 g/mol. The van der Waals surface area contributed by atoms with Gasteiger partial charge in [-0.1, -0.05) is 142 Å². The predicted octanol–water partition coefficient (Wildman–Crippen LogP) is 11.4. The Balaban J connectivity index is 4.25. The van der Waals surface area contributed by atoms with Gasteiger partial charge in [-0.25, -0.2) is 4.57 Å². The molecule has 0 aromatic heterocycles. The van der Waals surface area contributed by atoms with E-state index >= 15 is 0 Å². The number of phosphoric ester groups is 1. The lowest BCUT2D eigenvalue weighted by atomic mass is 10.1. The zero-order valence-corrected chi connectivity index (χ0v) is 34.2. The van der Waals surface area contributed by atoms with Gasteiger partial charge in [-0.2, -0.15) is 0 Å². The van der Waals surface area contributed by atoms with E-state index < -0.39 is 32.5 Å². The van der Waals surface area contributed by atoms with Crippen LogP contribution < -0.4 is 0 Å². The van der Waals surface area contributed by atoms with Gasteiger partial charge in [0.25, 0.3) is 0 Å². The van der Waals surface area contributed by atoms with Gasteiger partial charge in [-0.15, -0.1) is 0 Å². The molecule has 0 fully saturated rings. The average Bonchev–Trinajstić information content (AvgIpc) is 3.15. The molecule has 0 aliphatic carbocycles. The SMILES string of the molecule is CC/C=C\C/C=C\C/C=C\C/C=C\C/C=C\C/C=C\CCC(=O)O[C@H](COC(=O)CCC/C=C\C/C=C\C/C=C\C=C\C(=O)CCCCC)COP(=O)(O)O. The van der Waals surface area contributed by atoms with Crippen molar-refractivity contribution in [3.8, 4) is 0 Å². The van der Waals surface area contributed by atoms with Crippen LogP contribution in [0, 0.1) is 0 Å². The minimum absolute atomic E-state index is 0.0551. The third-order valence-corrected chi connectivity index (χ3v) is 7.94. The van der Waals surface area contributed by atoms with Gasteiger partial charge in [-0.05, 0) is 83.1 Å². The van der Waals surface area contributed by atoms with E-state index in [-0.39, 0.29) is 25.2 Å². The van der Waals surface area contributed by atoms with Crippen molar-refractivity contribution in [2.24, 2.45) is 0 Å². The number of ketones is 1. The van der Waals surface area contributed by atoms with E-state index in [4.69, 9.17) is 19.3 Å². The molecule has 0 rings (SSSR count). The largest absolute Gasteiger partial charge is 0.469 e. The maximum atomic E-state index is 12.4. The number of ether oxygens (including phenoxy) is 2. The Morgan fingerprint density at radius 1 is 0.545 bits per heavy atom. The third-order valence-electron chi connectivity index (χ3n) is 7.45. The van der Waals surface area contributed by atoms with Crippen molar-refractivity contribution in [3.05, 3.63) is 122 Å². The van der Waals surface area contributed by atoms with E-state index in [0.717, 1.165) is 70.6 Å². The van der Waals surface area contributed by atoms with Crippen LogP contribution in [-0.4, -0.2) is 46.8 Å². The van der Waals surface area contributed by atoms with Crippen molar-refractivity contribution < 1.29 is 42.7 Å². The number of rotatable bonds is 34. The number of hydrogen-bond acceptors (Lipinski definition) is 7. The van der Waals surface area contributed by atoms with Crippen LogP contribution in [0.3, 0.4) is 0 Å². The van der Waals surface area contributed by atoms with Crippen molar-refractivity contribution in [2.45, 2.75) is 129 Å². The van der Waals surface area contributed by atoms with E-state index in [2.05, 4.69) is 73.1 Å². The quantitative estimate of drug-likeness (QED) is 0.0163. The molecule has 0 amide bonds. The molecule has 10 heteroatoms. The van der Waals surface area contributed by atoms with E-state index in [1.165, 1.54) is 0 Å². The predicted molar refractivity (Wildman–Crippen MR) is 225 cm³/mol. The molecule has 0 radical (unpaired) electrons. The first-order valence-electron chi connectivity index (χ1n) is 19.8. The highest BCUT2D eigenvalue weighted by Crippen LogP contribution is 2.35. The van der Waals surface area contributed by atoms with E-state index in [0.29, 0.717) is 25.7 Å². The molecule has 0 saturated carbocycles. The number of esters is 2. The van der Waals surface area contributed by atoms with Crippen LogP contribution in [0.25, 0.3) is 0 Å². The molecule has 9 nitrogen and oxygen atoms in total. The van der Waals surface area contributed by atoms with Crippen LogP contribution in [0.4, 0.5) is 0 Å². The Hall–Kier alpha value is -3.88. The van der Waals surface area contributed by atoms with Crippen LogP contribution in [0.2, 0.25) is 0 Å². The van der Waals surface area contributed by atoms with E-state index in [1.807, 2.05) is 54.7 Å². The minimum Gasteiger partial charge on any atom is -0.462 e. The summed E-state index contributed by atoms with van der Waals surface area (Å²) in [7, 11) is -4.81. The van der Waals surface area contributed by atoms with Crippen molar-refractivity contribution in [1.82, 2.24) is 0 Å². The highest BCUT2D eigenvalue weighted by Gasteiger charge is 2.22. The first-order chi connectivity index (χ1) is 26.7. The first-order valence-corrected chi connectivity index (χ1v) is 21.3. The molecule has 55 heavy (non-hydrogen) atoms. The summed E-state index contributed by atoms with van der Waals surface area (Å²) in [5, 5.41) is 0. The molecular formula is C45H67O9P. The first kappa shape index (κ1) is 51.1. The Morgan fingerprint density at radius 3 is 1.58 bits per heavy atom. The molecule has 0 spiro atoms. The number of carbonyl (C=O) groups excluding carboxylic acids is 3. The van der Waals surface area contributed by atoms with Crippen LogP contribution in [0.15, 0.2) is 122 Å². The Bertz CT molecular complexity index is 1360. The van der Waals surface area contributed by atoms with E-state index in [9.17, 15) is 18.9 Å². The second-order valence-electron chi connectivity index (χ2n) is 12.6. The van der Waals surface area contributed by atoms with Gasteiger partial charge in [-0.3, -0.25) is 18.9 Å². The summed E-state index contributed by atoms with van der Waals surface area (Å²) >= 11 is 0. The van der Waals surface area contributed by atoms with Crippen molar-refractivity contribution in [3.63, 3.8) is 0 Å². The summed E-state index contributed by atoms with van der Waals surface area (Å²) in [6, 6.07) is 0. The van der Waals surface area contributed by atoms with Gasteiger partial charge in [0, 0.05) is 19.3 Å². The fourth-order valence-electron chi connectivity index (χ4n) is 4.52. The molecule has 0 saturated heterocycles. The van der Waals surface area contributed by atoms with E-state index in [1.54, 1.807) is 12.2 Å². The van der Waals surface area contributed by atoms with Gasteiger partial charge in [0.15, 0.2) is 11.9 Å². The molecule has 0 aromatic carbocycles. The lowest BCUT2D eigenvalue weighted by Gasteiger charge is -2.18. The highest BCUT2D eigenvalue weighted by molar-refractivity contribution is 7.46. The van der Waals surface area contributed by atoms with Gasteiger partial charge in [0.1, 0.15) is 6.61 Å². The van der Waals surface area contributed by atoms with Crippen molar-refractivity contribution in [2.75, 3.05) is 13.2 Å². The summed E-state index contributed by atoms with van der Waals surface area (Å²) < 4.78 is 26.2. The average molecular weight is 783 g/mol. The maximum absolute atomic E-state index is 12.4. The molecule has 0 unspecified atom stereocenters. The number of unbranched alkanes of at least 4 members (excludes halogenated alkanes) is 3. The standard InChI is InChI=1S/C45H67O9P/c1-3-5-7-8-9-10-11-12-13-14-15-16-17-18-21-25-28-31-35-39-45(48)54-43(41-53-55(49,50)51)40-52-44(47)38-34-30-27-24-22-19-20-23-26-29-33-37-42(46)36-32-6-4-2/h5,7,9-10,12-13,15-16,18-21,24,26-29,31,33,37,43H,3-4,6,8,11,14,17,22-23,25,30,32,34-36,38-41H2,1-2H3,(H2,49,50,51)/b7-5-,10-9-,13-12-,16-15-,20-19-,21-18-,27-24-,29-26-,31-28-,37-33+/t43-/m1/s1. The van der Waals surface area contributed by atoms with Gasteiger partial charge >= 0.3 is 19.8 Å². The lowest BCUT2D eigenvalue weighted by molar-refractivity contribution is -0.161. The van der Waals surface area contributed by atoms with Gasteiger partial charge < -0.3 is 19.3 Å². The topological polar surface area (TPSA) is 136 Å². The summed E-state index contributed by atoms with van der Waals surface area (Å²) in [5.74, 6) is -0.938. The summed E-state index contributed by atoms with van der Waals surface area (Å²) in [5.41, 5.74) is 0. The zero-order chi connectivity index (χ0) is 40.5. The van der Waals surface area contributed by atoms with Crippen LogP contribution in [0.5, 0.6) is 0 Å². The second kappa shape index (κ2) is 38.4. The summed E-state index contributed by atoms with van der Waals surface area (Å²) in [6.07, 6.45) is 52.0. The van der Waals surface area contributed by atoms with Crippen molar-refractivity contribution in [1.29, 1.82) is 0 Å². The normalized spacial score (nSPS) is 13.7. The Kier molecular flexibility index (Phi) is 35.7. The summed E-state index contributed by atoms with van der Waals surface area (Å²) in [6.45, 7) is 3.27. The molecule has 0 bridgehead atoms. The lowest BCUT2D eigenvalue weighted by Crippen LogP contribution is -2.29. The molecule has 306 valence electrons. The Morgan fingerprint density at radius 2 is 1.05 bits per heavy atom. The molecule has 1 atom stereocenters. The van der Waals surface area contributed by atoms with Crippen LogP contribution >= 0.6 is 7.82 Å². The zero-order valence-electron chi connectivity index (χ0n) is 33.3. The van der Waals surface area contributed by atoms with Crippen LogP contribution in [0.1, 0.15) is 123 Å².